The minimum atomic E-state index is -2.45. The SMILES string of the molecule is [2H]C([2H])([2H])c1cc(-c2cc(C(C)(C)C)cc(C(C)(C)C)c2)ccc1-n1c2[n+]3c4c(cccc41)-c1cc(-c4ccccc4)cc4c1C3(Oc1ccccc1-2)[n+]1ccc(-c2ccc(C)cc2)cc1-4. The third kappa shape index (κ3) is 5.40. The van der Waals surface area contributed by atoms with Gasteiger partial charge < -0.3 is 4.74 Å². The Morgan fingerprint density at radius 3 is 1.95 bits per heavy atom. The predicted molar refractivity (Wildman–Crippen MR) is 256 cm³/mol. The zero-order valence-corrected chi connectivity index (χ0v) is 36.8. The molecule has 1 unspecified atom stereocenters. The van der Waals surface area contributed by atoms with Crippen molar-refractivity contribution in [2.75, 3.05) is 0 Å². The lowest BCUT2D eigenvalue weighted by atomic mass is 9.79. The normalized spacial score (nSPS) is 16.4. The molecule has 1 atom stereocenters. The van der Waals surface area contributed by atoms with Crippen molar-refractivity contribution >= 4 is 11.0 Å². The number of benzene rings is 7. The number of para-hydroxylation sites is 2. The molecule has 306 valence electrons. The molecule has 0 bridgehead atoms. The van der Waals surface area contributed by atoms with E-state index >= 15 is 0 Å². The predicted octanol–water partition coefficient (Wildman–Crippen LogP) is 13.6. The molecule has 0 radical (unpaired) electrons. The summed E-state index contributed by atoms with van der Waals surface area (Å²) in [5, 5.41) is 0. The van der Waals surface area contributed by atoms with Gasteiger partial charge in [0.05, 0.1) is 5.56 Å². The molecule has 63 heavy (non-hydrogen) atoms. The molecule has 0 saturated heterocycles. The molecule has 4 heteroatoms. The molecule has 0 N–H and O–H groups in total. The maximum absolute atomic E-state index is 9.22. The molecule has 5 heterocycles. The van der Waals surface area contributed by atoms with Crippen LogP contribution in [0, 0.1) is 13.8 Å². The fraction of sp³-hybridized carbons (Fsp3) is 0.186. The standard InChI is InChI=1S/C59H51N3O/c1-36-21-23-39(24-22-36)41-27-28-60-52(34-41)49-33-43(38-15-10-9-11-16-38)32-48-46-18-14-19-51-55(46)62-56(47-17-12-13-20-53(47)63-59(60,62)54(48)49)61(51)50-26-25-40(29-37(50)2)42-30-44(57(3,4)5)35-45(31-42)58(6,7)8/h9-35H,1-8H3/q+2/i2D3. The summed E-state index contributed by atoms with van der Waals surface area (Å²) in [4.78, 5) is 0. The van der Waals surface area contributed by atoms with Gasteiger partial charge >= 0.3 is 11.7 Å². The van der Waals surface area contributed by atoms with Gasteiger partial charge in [-0.1, -0.05) is 144 Å². The van der Waals surface area contributed by atoms with E-state index < -0.39 is 12.7 Å². The van der Waals surface area contributed by atoms with Gasteiger partial charge in [-0.3, -0.25) is 0 Å². The number of ether oxygens (including phenoxy) is 1. The Morgan fingerprint density at radius 2 is 1.21 bits per heavy atom. The fourth-order valence-corrected chi connectivity index (χ4v) is 10.3. The van der Waals surface area contributed by atoms with Crippen molar-refractivity contribution in [3.8, 4) is 78.6 Å². The second-order valence-electron chi connectivity index (χ2n) is 19.8. The van der Waals surface area contributed by atoms with Crippen LogP contribution in [0.3, 0.4) is 0 Å². The van der Waals surface area contributed by atoms with Gasteiger partial charge in [0.15, 0.2) is 17.2 Å². The van der Waals surface area contributed by atoms with Crippen LogP contribution in [-0.2, 0) is 16.7 Å². The summed E-state index contributed by atoms with van der Waals surface area (Å²) in [5.41, 5.74) is 18.8. The summed E-state index contributed by atoms with van der Waals surface area (Å²) >= 11 is 0. The lowest BCUT2D eigenvalue weighted by molar-refractivity contribution is -0.997. The van der Waals surface area contributed by atoms with E-state index in [1.165, 1.54) is 16.7 Å². The molecule has 3 aliphatic heterocycles. The molecular weight excluding hydrogens is 767 g/mol. The molecule has 0 fully saturated rings. The second kappa shape index (κ2) is 13.0. The van der Waals surface area contributed by atoms with Gasteiger partial charge in [0, 0.05) is 27.4 Å². The quantitative estimate of drug-likeness (QED) is 0.162. The van der Waals surface area contributed by atoms with Crippen LogP contribution in [0.5, 0.6) is 5.75 Å². The monoisotopic (exact) mass is 820 g/mol. The highest BCUT2D eigenvalue weighted by Gasteiger charge is 2.68. The van der Waals surface area contributed by atoms with Gasteiger partial charge in [-0.25, -0.2) is 0 Å². The first-order valence-corrected chi connectivity index (χ1v) is 22.1. The number of imidazole rings is 1. The van der Waals surface area contributed by atoms with Gasteiger partial charge in [-0.2, -0.15) is 4.57 Å². The maximum atomic E-state index is 9.22. The minimum absolute atomic E-state index is 0.100. The topological polar surface area (TPSA) is 21.9 Å². The molecule has 0 aliphatic carbocycles. The summed E-state index contributed by atoms with van der Waals surface area (Å²) in [6, 6.07) is 55.9. The zero-order valence-electron chi connectivity index (χ0n) is 39.8. The summed E-state index contributed by atoms with van der Waals surface area (Å²) < 4.78 is 42.1. The number of pyridine rings is 1. The number of hydrogen-bond acceptors (Lipinski definition) is 1. The molecule has 1 spiro atoms. The fourth-order valence-electron chi connectivity index (χ4n) is 10.3. The smallest absolute Gasteiger partial charge is 0.392 e. The Balaban J connectivity index is 1.18. The lowest BCUT2D eigenvalue weighted by Gasteiger charge is -2.32. The van der Waals surface area contributed by atoms with E-state index in [0.29, 0.717) is 5.69 Å². The van der Waals surface area contributed by atoms with Crippen molar-refractivity contribution in [3.63, 3.8) is 0 Å². The molecule has 0 amide bonds. The molecule has 7 aromatic carbocycles. The summed E-state index contributed by atoms with van der Waals surface area (Å²) in [7, 11) is 0. The average Bonchev–Trinajstić information content (AvgIpc) is 3.79. The highest BCUT2D eigenvalue weighted by molar-refractivity contribution is 5.99. The Kier molecular flexibility index (Phi) is 7.13. The summed E-state index contributed by atoms with van der Waals surface area (Å²) in [6.07, 6.45) is 2.18. The van der Waals surface area contributed by atoms with Crippen molar-refractivity contribution in [1.29, 1.82) is 0 Å². The Labute approximate surface area is 374 Å². The van der Waals surface area contributed by atoms with E-state index in [9.17, 15) is 4.11 Å². The van der Waals surface area contributed by atoms with Crippen LogP contribution in [0.15, 0.2) is 164 Å². The first-order chi connectivity index (χ1) is 31.5. The van der Waals surface area contributed by atoms with Crippen LogP contribution in [-0.4, -0.2) is 4.57 Å². The number of nitrogens with zero attached hydrogens (tertiary/aromatic N) is 3. The van der Waals surface area contributed by atoms with Crippen molar-refractivity contribution in [2.45, 2.75) is 72.0 Å². The molecule has 0 saturated carbocycles. The van der Waals surface area contributed by atoms with Crippen molar-refractivity contribution in [3.05, 3.63) is 192 Å². The van der Waals surface area contributed by atoms with Crippen LogP contribution in [0.1, 0.15) is 73.5 Å². The van der Waals surface area contributed by atoms with Crippen molar-refractivity contribution in [1.82, 2.24) is 4.57 Å². The van der Waals surface area contributed by atoms with Crippen LogP contribution >= 0.6 is 0 Å². The highest BCUT2D eigenvalue weighted by Crippen LogP contribution is 2.54. The van der Waals surface area contributed by atoms with Crippen LogP contribution in [0.25, 0.3) is 83.9 Å². The number of fused-ring (bicyclic) bond motifs is 5. The number of aromatic nitrogens is 3. The van der Waals surface area contributed by atoms with Gasteiger partial charge in [0.25, 0.3) is 0 Å². The van der Waals surface area contributed by atoms with E-state index in [1.807, 2.05) is 30.3 Å². The van der Waals surface area contributed by atoms with E-state index in [1.54, 1.807) is 0 Å². The van der Waals surface area contributed by atoms with E-state index in [0.717, 1.165) is 89.5 Å². The van der Waals surface area contributed by atoms with Gasteiger partial charge in [0.2, 0.25) is 5.69 Å². The lowest BCUT2D eigenvalue weighted by Crippen LogP contribution is -2.78. The summed E-state index contributed by atoms with van der Waals surface area (Å²) in [5.74, 6) is 0.395. The molecule has 12 rings (SSSR count). The van der Waals surface area contributed by atoms with Crippen LogP contribution in [0.4, 0.5) is 0 Å². The minimum Gasteiger partial charge on any atom is -0.392 e. The first kappa shape index (κ1) is 34.5. The van der Waals surface area contributed by atoms with Gasteiger partial charge in [0.1, 0.15) is 22.6 Å². The number of rotatable bonds is 4. The maximum Gasteiger partial charge on any atom is 0.499 e. The Bertz CT molecular complexity index is 3480. The van der Waals surface area contributed by atoms with Crippen LogP contribution in [0.2, 0.25) is 0 Å². The molecule has 3 aliphatic rings. The van der Waals surface area contributed by atoms with Gasteiger partial charge in [-0.15, -0.1) is 9.13 Å². The molecule has 9 aromatic rings. The highest BCUT2D eigenvalue weighted by atomic mass is 16.5. The zero-order chi connectivity index (χ0) is 45.7. The van der Waals surface area contributed by atoms with Gasteiger partial charge in [-0.05, 0) is 123 Å². The Hall–Kier alpha value is -7.04. The average molecular weight is 821 g/mol. The van der Waals surface area contributed by atoms with E-state index in [2.05, 4.69) is 196 Å². The first-order valence-electron chi connectivity index (χ1n) is 23.6. The van der Waals surface area contributed by atoms with Crippen molar-refractivity contribution in [2.24, 2.45) is 0 Å². The largest absolute Gasteiger partial charge is 0.499 e. The number of hydrogen-bond donors (Lipinski definition) is 0. The number of aryl methyl sites for hydroxylation is 2. The summed E-state index contributed by atoms with van der Waals surface area (Å²) in [6.45, 7) is 13.1. The third-order valence-electron chi connectivity index (χ3n) is 13.6. The van der Waals surface area contributed by atoms with Crippen LogP contribution < -0.4 is 13.9 Å². The molecular formula is C59H51N3O+2. The second-order valence-corrected chi connectivity index (χ2v) is 19.8. The van der Waals surface area contributed by atoms with Crippen molar-refractivity contribution < 1.29 is 18.0 Å². The van der Waals surface area contributed by atoms with E-state index in [4.69, 9.17) is 4.74 Å². The third-order valence-corrected chi connectivity index (χ3v) is 13.6. The molecule has 4 nitrogen and oxygen atoms in total. The molecule has 2 aromatic heterocycles. The Morgan fingerprint density at radius 1 is 0.556 bits per heavy atom. The van der Waals surface area contributed by atoms with E-state index in [-0.39, 0.29) is 16.4 Å².